The zero-order valence-corrected chi connectivity index (χ0v) is 15.1. The predicted molar refractivity (Wildman–Crippen MR) is 84.2 cm³/mol. The minimum atomic E-state index is -1.40. The van der Waals surface area contributed by atoms with E-state index in [2.05, 4.69) is 31.9 Å². The standard InChI is InChI=1S/C14H15Br2NO6/c15-10-4-3-5(11(10)16)9-8(4)12(20)17(13(9)21)6(14(22)23)1-2-7(18)19/h4-6,8-11H,1-3H2,(H,18,19)(H,22,23)/t4-,5+,6-,8+,9-,10-,11-/m1/s1. The molecule has 0 aromatic carbocycles. The van der Waals surface area contributed by atoms with Gasteiger partial charge >= 0.3 is 11.9 Å². The van der Waals surface area contributed by atoms with Gasteiger partial charge < -0.3 is 10.2 Å². The fourth-order valence-electron chi connectivity index (χ4n) is 4.30. The molecule has 2 amide bonds. The van der Waals surface area contributed by atoms with Crippen molar-refractivity contribution in [2.24, 2.45) is 23.7 Å². The average molecular weight is 453 g/mol. The Hall–Kier alpha value is -0.960. The van der Waals surface area contributed by atoms with E-state index >= 15 is 0 Å². The number of nitrogens with zero attached hydrogens (tertiary/aromatic N) is 1. The maximum absolute atomic E-state index is 12.7. The number of carboxylic acids is 2. The van der Waals surface area contributed by atoms with Crippen molar-refractivity contribution < 1.29 is 29.4 Å². The number of carbonyl (C=O) groups is 4. The molecule has 0 aromatic heterocycles. The minimum Gasteiger partial charge on any atom is -0.481 e. The molecule has 2 saturated carbocycles. The molecule has 2 N–H and O–H groups in total. The lowest BCUT2D eigenvalue weighted by Gasteiger charge is -2.28. The van der Waals surface area contributed by atoms with E-state index in [-0.39, 0.29) is 27.9 Å². The summed E-state index contributed by atoms with van der Waals surface area (Å²) >= 11 is 7.11. The zero-order valence-electron chi connectivity index (χ0n) is 11.9. The molecule has 9 heteroatoms. The number of rotatable bonds is 5. The summed E-state index contributed by atoms with van der Waals surface area (Å²) in [4.78, 5) is 48.5. The van der Waals surface area contributed by atoms with Gasteiger partial charge in [0.15, 0.2) is 0 Å². The van der Waals surface area contributed by atoms with Crippen LogP contribution in [0.5, 0.6) is 0 Å². The zero-order chi connectivity index (χ0) is 17.0. The van der Waals surface area contributed by atoms with Crippen molar-refractivity contribution in [2.75, 3.05) is 0 Å². The monoisotopic (exact) mass is 451 g/mol. The van der Waals surface area contributed by atoms with E-state index in [1.807, 2.05) is 0 Å². The van der Waals surface area contributed by atoms with Gasteiger partial charge in [0, 0.05) is 16.1 Å². The summed E-state index contributed by atoms with van der Waals surface area (Å²) in [6.07, 6.45) is 0.0874. The van der Waals surface area contributed by atoms with Gasteiger partial charge in [-0.05, 0) is 24.7 Å². The van der Waals surface area contributed by atoms with Gasteiger partial charge in [0.25, 0.3) is 0 Å². The maximum atomic E-state index is 12.7. The van der Waals surface area contributed by atoms with Gasteiger partial charge in [0.2, 0.25) is 11.8 Å². The van der Waals surface area contributed by atoms with Crippen molar-refractivity contribution in [3.63, 3.8) is 0 Å². The Morgan fingerprint density at radius 2 is 1.57 bits per heavy atom. The third kappa shape index (κ3) is 2.43. The second-order valence-corrected chi connectivity index (χ2v) is 8.45. The van der Waals surface area contributed by atoms with Crippen LogP contribution in [-0.2, 0) is 19.2 Å². The summed E-state index contributed by atoms with van der Waals surface area (Å²) in [5.74, 6) is -4.39. The smallest absolute Gasteiger partial charge is 0.326 e. The minimum absolute atomic E-state index is 0.00439. The van der Waals surface area contributed by atoms with Gasteiger partial charge in [-0.1, -0.05) is 31.9 Å². The molecule has 0 unspecified atom stereocenters. The van der Waals surface area contributed by atoms with Gasteiger partial charge in [-0.15, -0.1) is 0 Å². The Morgan fingerprint density at radius 1 is 1.09 bits per heavy atom. The molecule has 1 aliphatic heterocycles. The van der Waals surface area contributed by atoms with Crippen molar-refractivity contribution in [3.05, 3.63) is 0 Å². The topological polar surface area (TPSA) is 112 Å². The number of hydrogen-bond donors (Lipinski definition) is 2. The Bertz CT molecular complexity index is 564. The Kier molecular flexibility index (Phi) is 4.29. The number of fused-ring (bicyclic) bond motifs is 5. The molecule has 2 bridgehead atoms. The predicted octanol–water partition coefficient (Wildman–Crippen LogP) is 1.08. The molecule has 126 valence electrons. The summed E-state index contributed by atoms with van der Waals surface area (Å²) < 4.78 is 0. The first-order chi connectivity index (χ1) is 10.8. The summed E-state index contributed by atoms with van der Waals surface area (Å²) in [6.45, 7) is 0. The van der Waals surface area contributed by atoms with Crippen LogP contribution in [-0.4, -0.2) is 54.6 Å². The van der Waals surface area contributed by atoms with Crippen LogP contribution in [0.15, 0.2) is 0 Å². The van der Waals surface area contributed by atoms with Gasteiger partial charge in [-0.2, -0.15) is 0 Å². The van der Waals surface area contributed by atoms with Crippen LogP contribution < -0.4 is 0 Å². The summed E-state index contributed by atoms with van der Waals surface area (Å²) in [5.41, 5.74) is 0. The Morgan fingerprint density at radius 3 is 1.96 bits per heavy atom. The molecule has 7 atom stereocenters. The highest BCUT2D eigenvalue weighted by atomic mass is 79.9. The highest BCUT2D eigenvalue weighted by Crippen LogP contribution is 2.60. The SMILES string of the molecule is O=C(O)CC[C@H](C(=O)O)N1C(=O)[C@@H]2[C@@H]3C[C@@H]([C@@H](Br)[C@@H]3Br)[C@@H]2C1=O. The van der Waals surface area contributed by atoms with Crippen LogP contribution in [0, 0.1) is 23.7 Å². The normalized spacial score (nSPS) is 39.7. The summed E-state index contributed by atoms with van der Waals surface area (Å²) in [6, 6.07) is -1.40. The quantitative estimate of drug-likeness (QED) is 0.476. The van der Waals surface area contributed by atoms with Crippen molar-refractivity contribution in [2.45, 2.75) is 35.0 Å². The lowest BCUT2D eigenvalue weighted by molar-refractivity contribution is -0.156. The fraction of sp³-hybridized carbons (Fsp3) is 0.714. The molecule has 1 heterocycles. The van der Waals surface area contributed by atoms with Gasteiger partial charge in [0.1, 0.15) is 6.04 Å². The molecule has 3 aliphatic rings. The van der Waals surface area contributed by atoms with Gasteiger partial charge in [-0.3, -0.25) is 19.3 Å². The first-order valence-electron chi connectivity index (χ1n) is 7.35. The summed E-state index contributed by atoms with van der Waals surface area (Å²) in [5, 5.41) is 18.1. The van der Waals surface area contributed by atoms with Crippen LogP contribution in [0.25, 0.3) is 0 Å². The van der Waals surface area contributed by atoms with E-state index in [0.717, 1.165) is 11.3 Å². The van der Waals surface area contributed by atoms with Crippen molar-refractivity contribution in [3.8, 4) is 0 Å². The molecule has 3 rings (SSSR count). The average Bonchev–Trinajstić information content (AvgIpc) is 3.06. The molecule has 0 spiro atoms. The third-order valence-corrected chi connectivity index (χ3v) is 8.46. The number of carbonyl (C=O) groups excluding carboxylic acids is 2. The number of imide groups is 1. The van der Waals surface area contributed by atoms with Crippen molar-refractivity contribution in [1.29, 1.82) is 0 Å². The first kappa shape index (κ1) is 16.9. The lowest BCUT2D eigenvalue weighted by Crippen LogP contribution is -2.46. The molecule has 2 aliphatic carbocycles. The van der Waals surface area contributed by atoms with E-state index in [1.165, 1.54) is 0 Å². The third-order valence-electron chi connectivity index (χ3n) is 5.25. The van der Waals surface area contributed by atoms with Crippen LogP contribution in [0.2, 0.25) is 0 Å². The molecule has 0 radical (unpaired) electrons. The molecule has 0 aromatic rings. The van der Waals surface area contributed by atoms with Crippen molar-refractivity contribution >= 4 is 55.6 Å². The molecular formula is C14H15Br2NO6. The van der Waals surface area contributed by atoms with Crippen LogP contribution in [0.1, 0.15) is 19.3 Å². The molecule has 1 saturated heterocycles. The number of aliphatic carboxylic acids is 2. The highest BCUT2D eigenvalue weighted by Gasteiger charge is 2.67. The summed E-state index contributed by atoms with van der Waals surface area (Å²) in [7, 11) is 0. The number of amides is 2. The number of hydrogen-bond acceptors (Lipinski definition) is 4. The molecule has 23 heavy (non-hydrogen) atoms. The van der Waals surface area contributed by atoms with Crippen LogP contribution >= 0.6 is 31.9 Å². The number of halogens is 2. The van der Waals surface area contributed by atoms with Crippen molar-refractivity contribution in [1.82, 2.24) is 4.90 Å². The Balaban J connectivity index is 1.87. The van der Waals surface area contributed by atoms with E-state index in [4.69, 9.17) is 5.11 Å². The molecule has 7 nitrogen and oxygen atoms in total. The van der Waals surface area contributed by atoms with Crippen LogP contribution in [0.3, 0.4) is 0 Å². The van der Waals surface area contributed by atoms with E-state index in [1.54, 1.807) is 0 Å². The van der Waals surface area contributed by atoms with E-state index < -0.39 is 48.1 Å². The van der Waals surface area contributed by atoms with E-state index in [0.29, 0.717) is 0 Å². The second kappa shape index (κ2) is 5.84. The number of carboxylic acid groups (broad SMARTS) is 2. The van der Waals surface area contributed by atoms with Crippen LogP contribution in [0.4, 0.5) is 0 Å². The molecule has 3 fully saturated rings. The van der Waals surface area contributed by atoms with Gasteiger partial charge in [0.05, 0.1) is 11.8 Å². The Labute approximate surface area is 148 Å². The number of likely N-dealkylation sites (tertiary alicyclic amines) is 1. The lowest BCUT2D eigenvalue weighted by atomic mass is 9.81. The molecular weight excluding hydrogens is 438 g/mol. The van der Waals surface area contributed by atoms with E-state index in [9.17, 15) is 24.3 Å². The maximum Gasteiger partial charge on any atom is 0.326 e. The highest BCUT2D eigenvalue weighted by molar-refractivity contribution is 9.12. The largest absolute Gasteiger partial charge is 0.481 e. The fourth-order valence-corrected chi connectivity index (χ4v) is 6.18. The second-order valence-electron chi connectivity index (χ2n) is 6.34. The first-order valence-corrected chi connectivity index (χ1v) is 9.18. The number of alkyl halides is 2. The van der Waals surface area contributed by atoms with Gasteiger partial charge in [-0.25, -0.2) is 4.79 Å².